The first-order valence-corrected chi connectivity index (χ1v) is 11.5. The van der Waals surface area contributed by atoms with Crippen molar-refractivity contribution in [3.05, 3.63) is 63.6 Å². The van der Waals surface area contributed by atoms with E-state index in [1.807, 2.05) is 24.3 Å². The molecule has 1 saturated carbocycles. The van der Waals surface area contributed by atoms with E-state index in [-0.39, 0.29) is 17.7 Å². The number of halogens is 2. The predicted molar refractivity (Wildman–Crippen MR) is 123 cm³/mol. The third kappa shape index (κ3) is 6.00. The molecule has 4 rings (SSSR count). The van der Waals surface area contributed by atoms with E-state index in [1.54, 1.807) is 23.1 Å². The zero-order chi connectivity index (χ0) is 21.8. The second-order valence-corrected chi connectivity index (χ2v) is 9.18. The Morgan fingerprint density at radius 2 is 1.90 bits per heavy atom. The number of piperidine rings is 1. The highest BCUT2D eigenvalue weighted by atomic mass is 35.5. The van der Waals surface area contributed by atoms with Crippen LogP contribution >= 0.6 is 23.2 Å². The quantitative estimate of drug-likeness (QED) is 0.600. The van der Waals surface area contributed by atoms with Crippen LogP contribution in [0.3, 0.4) is 0 Å². The molecule has 1 saturated heterocycles. The lowest BCUT2D eigenvalue weighted by molar-refractivity contribution is -0.121. The van der Waals surface area contributed by atoms with E-state index >= 15 is 0 Å². The van der Waals surface area contributed by atoms with Gasteiger partial charge < -0.3 is 15.0 Å². The van der Waals surface area contributed by atoms with Gasteiger partial charge in [0.2, 0.25) is 5.91 Å². The summed E-state index contributed by atoms with van der Waals surface area (Å²) in [5, 5.41) is 3.77. The normalized spacial score (nSPS) is 18.6. The van der Waals surface area contributed by atoms with Crippen molar-refractivity contribution in [2.75, 3.05) is 25.0 Å². The Balaban J connectivity index is 1.34. The van der Waals surface area contributed by atoms with E-state index in [1.165, 1.54) is 12.8 Å². The summed E-state index contributed by atoms with van der Waals surface area (Å²) < 4.78 is 5.74. The maximum Gasteiger partial charge on any atom is 0.253 e. The van der Waals surface area contributed by atoms with E-state index in [0.717, 1.165) is 36.6 Å². The summed E-state index contributed by atoms with van der Waals surface area (Å²) >= 11 is 12.0. The van der Waals surface area contributed by atoms with Crippen LogP contribution in [-0.4, -0.2) is 36.4 Å². The molecule has 164 valence electrons. The Bertz CT molecular complexity index is 962. The van der Waals surface area contributed by atoms with E-state index in [9.17, 15) is 9.59 Å². The number of hydrogen-bond acceptors (Lipinski definition) is 3. The van der Waals surface area contributed by atoms with Gasteiger partial charge in [0, 0.05) is 30.9 Å². The Labute approximate surface area is 192 Å². The van der Waals surface area contributed by atoms with Crippen molar-refractivity contribution in [3.8, 4) is 0 Å². The maximum absolute atomic E-state index is 12.9. The second kappa shape index (κ2) is 10.0. The van der Waals surface area contributed by atoms with Crippen molar-refractivity contribution in [2.24, 2.45) is 11.8 Å². The van der Waals surface area contributed by atoms with Gasteiger partial charge in [0.15, 0.2) is 0 Å². The minimum Gasteiger partial charge on any atom is -0.376 e. The number of amides is 2. The van der Waals surface area contributed by atoms with Crippen LogP contribution in [0.5, 0.6) is 0 Å². The molecule has 2 aliphatic rings. The third-order valence-electron chi connectivity index (χ3n) is 5.76. The molecule has 0 spiro atoms. The minimum atomic E-state index is -0.254. The standard InChI is InChI=1S/C24H26Cl2N2O3/c25-21-9-8-18(12-22(21)26)24(30)28-10-2-4-19(13-28)23(29)27-20-5-1-3-17(11-20)15-31-14-16-6-7-16/h1,3,5,8-9,11-12,16,19H,2,4,6-7,10,13-15H2,(H,27,29). The van der Waals surface area contributed by atoms with Crippen LogP contribution in [0.1, 0.15) is 41.6 Å². The average Bonchev–Trinajstić information content (AvgIpc) is 3.60. The van der Waals surface area contributed by atoms with E-state index in [0.29, 0.717) is 35.3 Å². The van der Waals surface area contributed by atoms with Crippen molar-refractivity contribution in [2.45, 2.75) is 32.3 Å². The average molecular weight is 461 g/mol. The lowest BCUT2D eigenvalue weighted by Crippen LogP contribution is -2.43. The van der Waals surface area contributed by atoms with Gasteiger partial charge in [-0.05, 0) is 67.5 Å². The second-order valence-electron chi connectivity index (χ2n) is 8.37. The molecule has 1 aliphatic heterocycles. The SMILES string of the molecule is O=C(Nc1cccc(COCC2CC2)c1)C1CCCN(C(=O)c2ccc(Cl)c(Cl)c2)C1. The van der Waals surface area contributed by atoms with Gasteiger partial charge in [-0.2, -0.15) is 0 Å². The van der Waals surface area contributed by atoms with Crippen molar-refractivity contribution in [1.82, 2.24) is 4.90 Å². The number of ether oxygens (including phenoxy) is 1. The van der Waals surface area contributed by atoms with Crippen molar-refractivity contribution >= 4 is 40.7 Å². The molecule has 1 N–H and O–H groups in total. The Morgan fingerprint density at radius 3 is 2.68 bits per heavy atom. The molecule has 0 aromatic heterocycles. The summed E-state index contributed by atoms with van der Waals surface area (Å²) in [7, 11) is 0. The number of rotatable bonds is 7. The van der Waals surface area contributed by atoms with Crippen LogP contribution in [0, 0.1) is 11.8 Å². The van der Waals surface area contributed by atoms with Crippen LogP contribution in [0.25, 0.3) is 0 Å². The maximum atomic E-state index is 12.9. The molecule has 2 fully saturated rings. The zero-order valence-corrected chi connectivity index (χ0v) is 18.8. The van der Waals surface area contributed by atoms with E-state index in [4.69, 9.17) is 27.9 Å². The molecule has 1 atom stereocenters. The summed E-state index contributed by atoms with van der Waals surface area (Å²) in [6.07, 6.45) is 4.06. The summed E-state index contributed by atoms with van der Waals surface area (Å²) in [5.74, 6) is 0.271. The fourth-order valence-corrected chi connectivity index (χ4v) is 4.10. The predicted octanol–water partition coefficient (Wildman–Crippen LogP) is 5.41. The monoisotopic (exact) mass is 460 g/mol. The highest BCUT2D eigenvalue weighted by Crippen LogP contribution is 2.29. The van der Waals surface area contributed by atoms with Gasteiger partial charge in [-0.1, -0.05) is 35.3 Å². The largest absolute Gasteiger partial charge is 0.376 e. The van der Waals surface area contributed by atoms with Gasteiger partial charge >= 0.3 is 0 Å². The highest BCUT2D eigenvalue weighted by Gasteiger charge is 2.29. The Morgan fingerprint density at radius 1 is 1.06 bits per heavy atom. The Hall–Kier alpha value is -2.08. The number of hydrogen-bond donors (Lipinski definition) is 1. The van der Waals surface area contributed by atoms with Crippen LogP contribution in [-0.2, 0) is 16.1 Å². The topological polar surface area (TPSA) is 58.6 Å². The fraction of sp³-hybridized carbons (Fsp3) is 0.417. The molecule has 2 aromatic carbocycles. The first kappa shape index (κ1) is 22.1. The molecule has 31 heavy (non-hydrogen) atoms. The molecule has 0 bridgehead atoms. The molecule has 1 aliphatic carbocycles. The number of anilines is 1. The lowest BCUT2D eigenvalue weighted by Gasteiger charge is -2.32. The van der Waals surface area contributed by atoms with Crippen molar-refractivity contribution in [3.63, 3.8) is 0 Å². The summed E-state index contributed by atoms with van der Waals surface area (Å²) in [6.45, 7) is 2.36. The summed E-state index contributed by atoms with van der Waals surface area (Å²) in [4.78, 5) is 27.5. The number of likely N-dealkylation sites (tertiary alicyclic amines) is 1. The number of benzene rings is 2. The molecule has 0 radical (unpaired) electrons. The fourth-order valence-electron chi connectivity index (χ4n) is 3.80. The molecule has 2 aromatic rings. The molecule has 2 amide bonds. The van der Waals surface area contributed by atoms with Crippen molar-refractivity contribution in [1.29, 1.82) is 0 Å². The number of carbonyl (C=O) groups excluding carboxylic acids is 2. The Kier molecular flexibility index (Phi) is 7.16. The lowest BCUT2D eigenvalue weighted by atomic mass is 9.96. The molecule has 1 heterocycles. The van der Waals surface area contributed by atoms with Gasteiger partial charge in [-0.15, -0.1) is 0 Å². The first-order valence-electron chi connectivity index (χ1n) is 10.7. The summed E-state index contributed by atoms with van der Waals surface area (Å²) in [5.41, 5.74) is 2.28. The third-order valence-corrected chi connectivity index (χ3v) is 6.50. The van der Waals surface area contributed by atoms with Crippen molar-refractivity contribution < 1.29 is 14.3 Å². The van der Waals surface area contributed by atoms with Gasteiger partial charge in [0.25, 0.3) is 5.91 Å². The summed E-state index contributed by atoms with van der Waals surface area (Å²) in [6, 6.07) is 12.6. The van der Waals surface area contributed by atoms with Gasteiger partial charge in [0.1, 0.15) is 0 Å². The van der Waals surface area contributed by atoms with Crippen LogP contribution in [0.15, 0.2) is 42.5 Å². The number of carbonyl (C=O) groups is 2. The molecular formula is C24H26Cl2N2O3. The van der Waals surface area contributed by atoms with Crippen LogP contribution in [0.4, 0.5) is 5.69 Å². The highest BCUT2D eigenvalue weighted by molar-refractivity contribution is 6.42. The van der Waals surface area contributed by atoms with Crippen LogP contribution < -0.4 is 5.32 Å². The van der Waals surface area contributed by atoms with Gasteiger partial charge in [-0.25, -0.2) is 0 Å². The number of nitrogens with one attached hydrogen (secondary N) is 1. The molecule has 7 heteroatoms. The molecular weight excluding hydrogens is 435 g/mol. The molecule has 1 unspecified atom stereocenters. The van der Waals surface area contributed by atoms with E-state index in [2.05, 4.69) is 5.32 Å². The van der Waals surface area contributed by atoms with Crippen LogP contribution in [0.2, 0.25) is 10.0 Å². The smallest absolute Gasteiger partial charge is 0.253 e. The number of nitrogens with zero attached hydrogens (tertiary/aromatic N) is 1. The van der Waals surface area contributed by atoms with Gasteiger partial charge in [0.05, 0.1) is 22.6 Å². The van der Waals surface area contributed by atoms with E-state index < -0.39 is 0 Å². The van der Waals surface area contributed by atoms with Gasteiger partial charge in [-0.3, -0.25) is 9.59 Å². The minimum absolute atomic E-state index is 0.0670. The zero-order valence-electron chi connectivity index (χ0n) is 17.3. The first-order chi connectivity index (χ1) is 15.0. The molecule has 5 nitrogen and oxygen atoms in total.